The molecule has 4 rings (SSSR count). The summed E-state index contributed by atoms with van der Waals surface area (Å²) in [6.45, 7) is 3.19. The van der Waals surface area contributed by atoms with Gasteiger partial charge in [0.15, 0.2) is 0 Å². The van der Waals surface area contributed by atoms with Gasteiger partial charge in [0.25, 0.3) is 0 Å². The van der Waals surface area contributed by atoms with E-state index in [4.69, 9.17) is 0 Å². The van der Waals surface area contributed by atoms with E-state index in [-0.39, 0.29) is 5.91 Å². The van der Waals surface area contributed by atoms with Gasteiger partial charge in [-0.3, -0.25) is 9.69 Å². The Kier molecular flexibility index (Phi) is 4.32. The van der Waals surface area contributed by atoms with Crippen LogP contribution in [0.2, 0.25) is 0 Å². The van der Waals surface area contributed by atoms with Crippen LogP contribution in [0.25, 0.3) is 0 Å². The molecular weight excluding hydrogens is 312 g/mol. The van der Waals surface area contributed by atoms with Crippen molar-refractivity contribution in [1.29, 1.82) is 0 Å². The third kappa shape index (κ3) is 3.32. The van der Waals surface area contributed by atoms with Crippen molar-refractivity contribution in [2.45, 2.75) is 25.0 Å². The second-order valence-corrected chi connectivity index (χ2v) is 7.19. The molecule has 0 spiro atoms. The number of aliphatic hydroxyl groups is 1. The molecule has 1 amide bonds. The van der Waals surface area contributed by atoms with Crippen LogP contribution in [0.1, 0.15) is 23.1 Å². The zero-order valence-corrected chi connectivity index (χ0v) is 14.4. The first-order valence-corrected chi connectivity index (χ1v) is 8.99. The van der Waals surface area contributed by atoms with E-state index in [1.807, 2.05) is 35.2 Å². The molecule has 1 fully saturated rings. The van der Waals surface area contributed by atoms with Crippen molar-refractivity contribution in [3.05, 3.63) is 71.3 Å². The van der Waals surface area contributed by atoms with Crippen molar-refractivity contribution in [2.24, 2.45) is 0 Å². The minimum atomic E-state index is -0.911. The highest BCUT2D eigenvalue weighted by Gasteiger charge is 2.39. The molecule has 4 nitrogen and oxygen atoms in total. The highest BCUT2D eigenvalue weighted by atomic mass is 16.3. The summed E-state index contributed by atoms with van der Waals surface area (Å²) in [5, 5.41) is 10.9. The SMILES string of the molecule is O=C(CN1CCc2ccccc2C1)N1CC[C@@](O)(c2ccccc2)C1. The van der Waals surface area contributed by atoms with Gasteiger partial charge in [-0.2, -0.15) is 0 Å². The Morgan fingerprint density at radius 2 is 1.72 bits per heavy atom. The topological polar surface area (TPSA) is 43.8 Å². The molecule has 2 aliphatic heterocycles. The number of carbonyl (C=O) groups is 1. The Morgan fingerprint density at radius 1 is 1.00 bits per heavy atom. The van der Waals surface area contributed by atoms with E-state index >= 15 is 0 Å². The van der Waals surface area contributed by atoms with Gasteiger partial charge < -0.3 is 10.0 Å². The number of likely N-dealkylation sites (tertiary alicyclic amines) is 1. The first-order valence-electron chi connectivity index (χ1n) is 8.99. The number of amides is 1. The number of carbonyl (C=O) groups excluding carboxylic acids is 1. The summed E-state index contributed by atoms with van der Waals surface area (Å²) >= 11 is 0. The van der Waals surface area contributed by atoms with Crippen molar-refractivity contribution < 1.29 is 9.90 Å². The minimum absolute atomic E-state index is 0.117. The van der Waals surface area contributed by atoms with Gasteiger partial charge in [0.1, 0.15) is 5.60 Å². The molecule has 0 aliphatic carbocycles. The third-order valence-corrected chi connectivity index (χ3v) is 5.48. The summed E-state index contributed by atoms with van der Waals surface area (Å²) in [4.78, 5) is 16.7. The molecule has 0 aromatic heterocycles. The largest absolute Gasteiger partial charge is 0.383 e. The number of nitrogens with zero attached hydrogens (tertiary/aromatic N) is 2. The lowest BCUT2D eigenvalue weighted by Gasteiger charge is -2.30. The summed E-state index contributed by atoms with van der Waals surface area (Å²) in [5.74, 6) is 0.117. The monoisotopic (exact) mass is 336 g/mol. The average Bonchev–Trinajstić information content (AvgIpc) is 3.06. The predicted octanol–water partition coefficient (Wildman–Crippen LogP) is 2.16. The Hall–Kier alpha value is -2.17. The van der Waals surface area contributed by atoms with E-state index in [0.717, 1.165) is 25.1 Å². The van der Waals surface area contributed by atoms with Gasteiger partial charge in [-0.25, -0.2) is 0 Å². The smallest absolute Gasteiger partial charge is 0.236 e. The maximum absolute atomic E-state index is 12.7. The second-order valence-electron chi connectivity index (χ2n) is 7.19. The van der Waals surface area contributed by atoms with Crippen LogP contribution in [0.4, 0.5) is 0 Å². The van der Waals surface area contributed by atoms with Crippen molar-refractivity contribution in [2.75, 3.05) is 26.2 Å². The van der Waals surface area contributed by atoms with Gasteiger partial charge in [-0.15, -0.1) is 0 Å². The molecule has 0 bridgehead atoms. The number of hydrogen-bond donors (Lipinski definition) is 1. The van der Waals surface area contributed by atoms with E-state index < -0.39 is 5.60 Å². The molecule has 0 saturated carbocycles. The van der Waals surface area contributed by atoms with Crippen LogP contribution in [-0.2, 0) is 23.4 Å². The van der Waals surface area contributed by atoms with E-state index in [0.29, 0.717) is 26.1 Å². The summed E-state index contributed by atoms with van der Waals surface area (Å²) < 4.78 is 0. The average molecular weight is 336 g/mol. The number of hydrogen-bond acceptors (Lipinski definition) is 3. The summed E-state index contributed by atoms with van der Waals surface area (Å²) in [5.41, 5.74) is 2.71. The first-order chi connectivity index (χ1) is 12.1. The second kappa shape index (κ2) is 6.62. The van der Waals surface area contributed by atoms with E-state index in [9.17, 15) is 9.90 Å². The molecule has 1 atom stereocenters. The molecule has 4 heteroatoms. The lowest BCUT2D eigenvalue weighted by molar-refractivity contribution is -0.132. The molecule has 0 radical (unpaired) electrons. The first kappa shape index (κ1) is 16.3. The Labute approximate surface area is 148 Å². The van der Waals surface area contributed by atoms with Crippen LogP contribution >= 0.6 is 0 Å². The predicted molar refractivity (Wildman–Crippen MR) is 97.0 cm³/mol. The van der Waals surface area contributed by atoms with E-state index in [1.165, 1.54) is 11.1 Å². The molecular formula is C21H24N2O2. The van der Waals surface area contributed by atoms with Crippen molar-refractivity contribution in [3.63, 3.8) is 0 Å². The van der Waals surface area contributed by atoms with Crippen LogP contribution in [-0.4, -0.2) is 47.0 Å². The highest BCUT2D eigenvalue weighted by molar-refractivity contribution is 5.78. The Morgan fingerprint density at radius 3 is 2.52 bits per heavy atom. The Bertz CT molecular complexity index is 762. The third-order valence-electron chi connectivity index (χ3n) is 5.48. The van der Waals surface area contributed by atoms with Gasteiger partial charge in [-0.1, -0.05) is 54.6 Å². The zero-order chi connectivity index (χ0) is 17.3. The lowest BCUT2D eigenvalue weighted by atomic mass is 9.93. The molecule has 130 valence electrons. The van der Waals surface area contributed by atoms with Crippen LogP contribution in [0, 0.1) is 0 Å². The standard InChI is InChI=1S/C21H24N2O2/c24-20(15-22-12-10-17-6-4-5-7-18(17)14-22)23-13-11-21(25,16-23)19-8-2-1-3-9-19/h1-9,25H,10-16H2/t21-/m0/s1. The van der Waals surface area contributed by atoms with Crippen LogP contribution < -0.4 is 0 Å². The Balaban J connectivity index is 1.38. The van der Waals surface area contributed by atoms with E-state index in [1.54, 1.807) is 0 Å². The van der Waals surface area contributed by atoms with Gasteiger partial charge in [-0.05, 0) is 29.5 Å². The molecule has 25 heavy (non-hydrogen) atoms. The fraction of sp³-hybridized carbons (Fsp3) is 0.381. The molecule has 0 unspecified atom stereocenters. The van der Waals surface area contributed by atoms with Gasteiger partial charge in [0.05, 0.1) is 13.1 Å². The maximum Gasteiger partial charge on any atom is 0.236 e. The van der Waals surface area contributed by atoms with Crippen LogP contribution in [0.15, 0.2) is 54.6 Å². The molecule has 2 aromatic rings. The lowest BCUT2D eigenvalue weighted by Crippen LogP contribution is -2.42. The fourth-order valence-corrected chi connectivity index (χ4v) is 3.97. The minimum Gasteiger partial charge on any atom is -0.383 e. The molecule has 1 saturated heterocycles. The van der Waals surface area contributed by atoms with Crippen molar-refractivity contribution in [1.82, 2.24) is 9.80 Å². The number of β-amino-alcohol motifs (C(OH)–C–C–N with tert-alkyl or cyclic N) is 1. The van der Waals surface area contributed by atoms with Gasteiger partial charge >= 0.3 is 0 Å². The number of benzene rings is 2. The molecule has 2 heterocycles. The fourth-order valence-electron chi connectivity index (χ4n) is 3.97. The van der Waals surface area contributed by atoms with E-state index in [2.05, 4.69) is 29.2 Å². The number of rotatable bonds is 3. The quantitative estimate of drug-likeness (QED) is 0.934. The normalized spacial score (nSPS) is 23.5. The van der Waals surface area contributed by atoms with Gasteiger partial charge in [0, 0.05) is 19.6 Å². The van der Waals surface area contributed by atoms with Crippen LogP contribution in [0.5, 0.6) is 0 Å². The summed E-state index contributed by atoms with van der Waals surface area (Å²) in [7, 11) is 0. The van der Waals surface area contributed by atoms with Gasteiger partial charge in [0.2, 0.25) is 5.91 Å². The number of fused-ring (bicyclic) bond motifs is 1. The molecule has 2 aromatic carbocycles. The maximum atomic E-state index is 12.7. The van der Waals surface area contributed by atoms with Crippen molar-refractivity contribution in [3.8, 4) is 0 Å². The summed E-state index contributed by atoms with van der Waals surface area (Å²) in [6.07, 6.45) is 1.60. The zero-order valence-electron chi connectivity index (χ0n) is 14.4. The molecule has 1 N–H and O–H groups in total. The van der Waals surface area contributed by atoms with Crippen LogP contribution in [0.3, 0.4) is 0 Å². The van der Waals surface area contributed by atoms with Crippen molar-refractivity contribution >= 4 is 5.91 Å². The summed E-state index contributed by atoms with van der Waals surface area (Å²) in [6, 6.07) is 18.2. The molecule has 2 aliphatic rings. The highest BCUT2D eigenvalue weighted by Crippen LogP contribution is 2.32.